The molecule has 1 heterocycles. The van der Waals surface area contributed by atoms with E-state index in [-0.39, 0.29) is 19.1 Å². The second-order valence-corrected chi connectivity index (χ2v) is 4.15. The molecule has 1 fully saturated rings. The molecule has 0 aromatic carbocycles. The Balaban J connectivity index is 2.56. The number of carboxylic acids is 1. The largest absolute Gasteiger partial charge is 0.481 e. The van der Waals surface area contributed by atoms with E-state index in [1.807, 2.05) is 6.92 Å². The predicted octanol–water partition coefficient (Wildman–Crippen LogP) is 1.35. The highest BCUT2D eigenvalue weighted by atomic mass is 16.6. The molecule has 90 valence electrons. The van der Waals surface area contributed by atoms with Crippen molar-refractivity contribution in [3.8, 4) is 0 Å². The fourth-order valence-electron chi connectivity index (χ4n) is 1.90. The van der Waals surface area contributed by atoms with E-state index in [1.165, 1.54) is 11.0 Å². The van der Waals surface area contributed by atoms with Gasteiger partial charge in [-0.25, -0.2) is 4.79 Å². The molecule has 0 spiro atoms. The number of carbonyl (C=O) groups excluding carboxylic acids is 1. The summed E-state index contributed by atoms with van der Waals surface area (Å²) in [5.41, 5.74) is 0. The number of hydrogen-bond donors (Lipinski definition) is 1. The minimum atomic E-state index is -0.854. The lowest BCUT2D eigenvalue weighted by Gasteiger charge is -2.33. The molecule has 1 aliphatic heterocycles. The van der Waals surface area contributed by atoms with Crippen LogP contribution in [0.25, 0.3) is 0 Å². The Bertz CT molecular complexity index is 290. The number of carbonyl (C=O) groups is 2. The molecule has 0 aliphatic carbocycles. The van der Waals surface area contributed by atoms with Crippen LogP contribution in [0.4, 0.5) is 4.79 Å². The molecule has 1 amide bonds. The maximum Gasteiger partial charge on any atom is 0.410 e. The number of hydrogen-bond acceptors (Lipinski definition) is 3. The number of amides is 1. The minimum absolute atomic E-state index is 0.154. The summed E-state index contributed by atoms with van der Waals surface area (Å²) < 4.78 is 4.88. The molecule has 0 aromatic rings. The van der Waals surface area contributed by atoms with Crippen molar-refractivity contribution in [3.63, 3.8) is 0 Å². The molecule has 16 heavy (non-hydrogen) atoms. The van der Waals surface area contributed by atoms with Gasteiger partial charge in [0.15, 0.2) is 0 Å². The average Bonchev–Trinajstić information content (AvgIpc) is 2.24. The first kappa shape index (κ1) is 12.5. The first-order valence-electron chi connectivity index (χ1n) is 5.30. The van der Waals surface area contributed by atoms with Gasteiger partial charge in [-0.15, -0.1) is 0 Å². The first-order valence-corrected chi connectivity index (χ1v) is 5.30. The molecule has 1 N–H and O–H groups in total. The molecule has 5 nitrogen and oxygen atoms in total. The maximum atomic E-state index is 11.5. The molecule has 0 radical (unpaired) electrons. The van der Waals surface area contributed by atoms with Gasteiger partial charge in [0.25, 0.3) is 0 Å². The molecule has 0 aromatic heterocycles. The number of nitrogens with zero attached hydrogens (tertiary/aromatic N) is 1. The van der Waals surface area contributed by atoms with Crippen LogP contribution in [0.3, 0.4) is 0 Å². The molecule has 5 heteroatoms. The van der Waals surface area contributed by atoms with E-state index in [9.17, 15) is 9.59 Å². The Morgan fingerprint density at radius 3 is 2.81 bits per heavy atom. The van der Waals surface area contributed by atoms with E-state index in [0.29, 0.717) is 13.0 Å². The second kappa shape index (κ2) is 5.53. The summed E-state index contributed by atoms with van der Waals surface area (Å²) in [6, 6.07) is 0. The van der Waals surface area contributed by atoms with Gasteiger partial charge in [-0.05, 0) is 12.3 Å². The Morgan fingerprint density at radius 1 is 1.56 bits per heavy atom. The summed E-state index contributed by atoms with van der Waals surface area (Å²) in [5.74, 6) is -1.15. The van der Waals surface area contributed by atoms with Crippen molar-refractivity contribution in [2.24, 2.45) is 11.8 Å². The zero-order chi connectivity index (χ0) is 12.1. The number of rotatable bonds is 3. The van der Waals surface area contributed by atoms with E-state index in [0.717, 1.165) is 0 Å². The Labute approximate surface area is 94.7 Å². The van der Waals surface area contributed by atoms with Gasteiger partial charge < -0.3 is 14.7 Å². The lowest BCUT2D eigenvalue weighted by Crippen LogP contribution is -2.45. The van der Waals surface area contributed by atoms with Crippen LogP contribution in [0.5, 0.6) is 0 Å². The van der Waals surface area contributed by atoms with Crippen LogP contribution in [0, 0.1) is 11.8 Å². The Hall–Kier alpha value is -1.52. The summed E-state index contributed by atoms with van der Waals surface area (Å²) in [6.07, 6.45) is 1.64. The summed E-state index contributed by atoms with van der Waals surface area (Å²) in [6.45, 7) is 6.32. The summed E-state index contributed by atoms with van der Waals surface area (Å²) >= 11 is 0. The van der Waals surface area contributed by atoms with E-state index >= 15 is 0 Å². The van der Waals surface area contributed by atoms with E-state index in [1.54, 1.807) is 0 Å². The maximum absolute atomic E-state index is 11.5. The van der Waals surface area contributed by atoms with Gasteiger partial charge in [0.2, 0.25) is 0 Å². The van der Waals surface area contributed by atoms with Crippen LogP contribution < -0.4 is 0 Å². The molecule has 0 bridgehead atoms. The van der Waals surface area contributed by atoms with Crippen molar-refractivity contribution in [3.05, 3.63) is 12.7 Å². The topological polar surface area (TPSA) is 66.8 Å². The third-order valence-electron chi connectivity index (χ3n) is 2.59. The lowest BCUT2D eigenvalue weighted by atomic mass is 9.91. The standard InChI is InChI=1S/C11H17NO4/c1-3-4-16-11(15)12-6-8(2)5-9(7-12)10(13)14/h3,8-9H,1,4-7H2,2H3,(H,13,14). The fourth-order valence-corrected chi connectivity index (χ4v) is 1.90. The van der Waals surface area contributed by atoms with Crippen molar-refractivity contribution in [1.82, 2.24) is 4.90 Å². The van der Waals surface area contributed by atoms with Gasteiger partial charge in [-0.2, -0.15) is 0 Å². The quantitative estimate of drug-likeness (QED) is 0.739. The van der Waals surface area contributed by atoms with Crippen LogP contribution in [-0.2, 0) is 9.53 Å². The molecule has 2 atom stereocenters. The van der Waals surface area contributed by atoms with Crippen molar-refractivity contribution in [2.75, 3.05) is 19.7 Å². The van der Waals surface area contributed by atoms with Gasteiger partial charge in [-0.3, -0.25) is 4.79 Å². The van der Waals surface area contributed by atoms with Crippen LogP contribution in [0.15, 0.2) is 12.7 Å². The fraction of sp³-hybridized carbons (Fsp3) is 0.636. The number of carboxylic acid groups (broad SMARTS) is 1. The van der Waals surface area contributed by atoms with E-state index in [2.05, 4.69) is 6.58 Å². The van der Waals surface area contributed by atoms with Crippen LogP contribution in [-0.4, -0.2) is 41.8 Å². The van der Waals surface area contributed by atoms with Crippen molar-refractivity contribution in [2.45, 2.75) is 13.3 Å². The molecule has 2 unspecified atom stereocenters. The molecule has 1 saturated heterocycles. The molecule has 0 saturated carbocycles. The first-order chi connectivity index (χ1) is 7.54. The zero-order valence-corrected chi connectivity index (χ0v) is 9.39. The van der Waals surface area contributed by atoms with Crippen molar-refractivity contribution in [1.29, 1.82) is 0 Å². The second-order valence-electron chi connectivity index (χ2n) is 4.15. The van der Waals surface area contributed by atoms with Crippen LogP contribution >= 0.6 is 0 Å². The van der Waals surface area contributed by atoms with Crippen molar-refractivity contribution < 1.29 is 19.4 Å². The van der Waals surface area contributed by atoms with Gasteiger partial charge in [0.1, 0.15) is 6.61 Å². The number of piperidine rings is 1. The highest BCUT2D eigenvalue weighted by Gasteiger charge is 2.32. The van der Waals surface area contributed by atoms with E-state index in [4.69, 9.17) is 9.84 Å². The SMILES string of the molecule is C=CCOC(=O)N1CC(C)CC(C(=O)O)C1. The summed E-state index contributed by atoms with van der Waals surface area (Å²) in [4.78, 5) is 23.9. The third kappa shape index (κ3) is 3.25. The predicted molar refractivity (Wildman–Crippen MR) is 58.0 cm³/mol. The molecule has 1 rings (SSSR count). The summed E-state index contributed by atoms with van der Waals surface area (Å²) in [7, 11) is 0. The average molecular weight is 227 g/mol. The zero-order valence-electron chi connectivity index (χ0n) is 9.39. The normalized spacial score (nSPS) is 24.9. The number of likely N-dealkylation sites (tertiary alicyclic amines) is 1. The Kier molecular flexibility index (Phi) is 4.34. The van der Waals surface area contributed by atoms with Gasteiger partial charge in [0, 0.05) is 13.1 Å². The van der Waals surface area contributed by atoms with Gasteiger partial charge >= 0.3 is 12.1 Å². The number of ether oxygens (including phenoxy) is 1. The summed E-state index contributed by atoms with van der Waals surface area (Å²) in [5, 5.41) is 8.94. The van der Waals surface area contributed by atoms with Gasteiger partial charge in [0.05, 0.1) is 5.92 Å². The number of aliphatic carboxylic acids is 1. The molecular weight excluding hydrogens is 210 g/mol. The third-order valence-corrected chi connectivity index (χ3v) is 2.59. The molecular formula is C11H17NO4. The monoisotopic (exact) mass is 227 g/mol. The highest BCUT2D eigenvalue weighted by Crippen LogP contribution is 2.22. The van der Waals surface area contributed by atoms with Gasteiger partial charge in [-0.1, -0.05) is 19.6 Å². The minimum Gasteiger partial charge on any atom is -0.481 e. The lowest BCUT2D eigenvalue weighted by molar-refractivity contribution is -0.143. The highest BCUT2D eigenvalue weighted by molar-refractivity contribution is 5.73. The smallest absolute Gasteiger partial charge is 0.410 e. The van der Waals surface area contributed by atoms with Crippen LogP contribution in [0.1, 0.15) is 13.3 Å². The molecule has 1 aliphatic rings. The Morgan fingerprint density at radius 2 is 2.25 bits per heavy atom. The van der Waals surface area contributed by atoms with Crippen LogP contribution in [0.2, 0.25) is 0 Å². The van der Waals surface area contributed by atoms with E-state index < -0.39 is 18.0 Å². The van der Waals surface area contributed by atoms with Crippen molar-refractivity contribution >= 4 is 12.1 Å².